The molecule has 0 aliphatic rings. The van der Waals surface area contributed by atoms with E-state index in [4.69, 9.17) is 16.8 Å². The molecule has 0 unspecified atom stereocenters. The van der Waals surface area contributed by atoms with E-state index in [1.807, 2.05) is 13.8 Å². The third kappa shape index (κ3) is 5.57. The van der Waals surface area contributed by atoms with Crippen molar-refractivity contribution in [3.8, 4) is 0 Å². The number of nitrogens with one attached hydrogen (secondary N) is 2. The maximum Gasteiger partial charge on any atom is 0.303 e. The molecule has 1 rings (SSSR count). The van der Waals surface area contributed by atoms with Gasteiger partial charge in [0.2, 0.25) is 0 Å². The SMILES string of the molecule is CC(=O)OCC(=NO)NC(=O)c1cnc(Cl)cc1NC(C)C. The molecule has 0 spiro atoms. The van der Waals surface area contributed by atoms with E-state index in [0.29, 0.717) is 5.69 Å². The summed E-state index contributed by atoms with van der Waals surface area (Å²) in [6.45, 7) is 4.64. The van der Waals surface area contributed by atoms with E-state index in [2.05, 4.69) is 25.5 Å². The lowest BCUT2D eigenvalue weighted by Gasteiger charge is -2.15. The summed E-state index contributed by atoms with van der Waals surface area (Å²) in [5.74, 6) is -1.34. The number of ether oxygens (including phenoxy) is 1. The van der Waals surface area contributed by atoms with Crippen LogP contribution in [0.15, 0.2) is 17.4 Å². The zero-order chi connectivity index (χ0) is 16.7. The fourth-order valence-electron chi connectivity index (χ4n) is 1.50. The van der Waals surface area contributed by atoms with Gasteiger partial charge in [-0.3, -0.25) is 9.59 Å². The van der Waals surface area contributed by atoms with Crippen LogP contribution in [0.25, 0.3) is 0 Å². The molecule has 120 valence electrons. The summed E-state index contributed by atoms with van der Waals surface area (Å²) in [4.78, 5) is 26.8. The highest BCUT2D eigenvalue weighted by molar-refractivity contribution is 6.29. The number of pyridine rings is 1. The molecule has 0 saturated carbocycles. The van der Waals surface area contributed by atoms with Gasteiger partial charge in [-0.1, -0.05) is 16.8 Å². The number of anilines is 1. The number of hydrogen-bond acceptors (Lipinski definition) is 7. The largest absolute Gasteiger partial charge is 0.458 e. The highest BCUT2D eigenvalue weighted by Gasteiger charge is 2.16. The Balaban J connectivity index is 2.90. The Hall–Kier alpha value is -2.35. The van der Waals surface area contributed by atoms with Gasteiger partial charge in [0.15, 0.2) is 12.4 Å². The first kappa shape index (κ1) is 17.7. The zero-order valence-electron chi connectivity index (χ0n) is 12.4. The first-order valence-electron chi connectivity index (χ1n) is 6.41. The molecule has 0 saturated heterocycles. The maximum atomic E-state index is 12.2. The summed E-state index contributed by atoms with van der Waals surface area (Å²) in [7, 11) is 0. The zero-order valence-corrected chi connectivity index (χ0v) is 13.1. The van der Waals surface area contributed by atoms with Crippen LogP contribution in [-0.2, 0) is 9.53 Å². The Bertz CT molecular complexity index is 589. The van der Waals surface area contributed by atoms with Crippen molar-refractivity contribution in [1.29, 1.82) is 0 Å². The minimum Gasteiger partial charge on any atom is -0.458 e. The monoisotopic (exact) mass is 328 g/mol. The van der Waals surface area contributed by atoms with Crippen LogP contribution in [0.2, 0.25) is 5.15 Å². The van der Waals surface area contributed by atoms with Crippen molar-refractivity contribution >= 4 is 35.0 Å². The van der Waals surface area contributed by atoms with Gasteiger partial charge in [-0.25, -0.2) is 4.98 Å². The van der Waals surface area contributed by atoms with Gasteiger partial charge in [-0.2, -0.15) is 0 Å². The van der Waals surface area contributed by atoms with Crippen LogP contribution in [0.1, 0.15) is 31.1 Å². The lowest BCUT2D eigenvalue weighted by Crippen LogP contribution is -2.35. The maximum absolute atomic E-state index is 12.2. The average molecular weight is 329 g/mol. The van der Waals surface area contributed by atoms with E-state index in [1.165, 1.54) is 19.2 Å². The first-order chi connectivity index (χ1) is 10.3. The number of oxime groups is 1. The second-order valence-corrected chi connectivity index (χ2v) is 5.02. The third-order valence-electron chi connectivity index (χ3n) is 2.35. The molecule has 0 aromatic carbocycles. The fraction of sp³-hybridized carbons (Fsp3) is 0.385. The van der Waals surface area contributed by atoms with Crippen LogP contribution in [0.4, 0.5) is 5.69 Å². The van der Waals surface area contributed by atoms with E-state index >= 15 is 0 Å². The summed E-state index contributed by atoms with van der Waals surface area (Å²) in [6, 6.07) is 1.58. The molecule has 22 heavy (non-hydrogen) atoms. The summed E-state index contributed by atoms with van der Waals surface area (Å²) in [6.07, 6.45) is 1.29. The second-order valence-electron chi connectivity index (χ2n) is 4.63. The van der Waals surface area contributed by atoms with Crippen molar-refractivity contribution in [3.63, 3.8) is 0 Å². The number of nitrogens with zero attached hydrogens (tertiary/aromatic N) is 2. The predicted molar refractivity (Wildman–Crippen MR) is 81.3 cm³/mol. The van der Waals surface area contributed by atoms with E-state index in [9.17, 15) is 9.59 Å². The summed E-state index contributed by atoms with van der Waals surface area (Å²) >= 11 is 5.82. The molecule has 0 fully saturated rings. The number of carbonyl (C=O) groups is 2. The summed E-state index contributed by atoms with van der Waals surface area (Å²) in [5, 5.41) is 17.3. The standard InChI is InChI=1S/C13H17ClN4O4/c1-7(2)16-10-4-11(14)15-5-9(10)13(20)17-12(18-21)6-22-8(3)19/h4-5,7,21H,6H2,1-3H3,(H,15,16)(H,17,18,20). The Morgan fingerprint density at radius 3 is 2.73 bits per heavy atom. The number of halogens is 1. The molecule has 1 heterocycles. The van der Waals surface area contributed by atoms with Crippen molar-refractivity contribution in [2.45, 2.75) is 26.8 Å². The lowest BCUT2D eigenvalue weighted by atomic mass is 10.2. The highest BCUT2D eigenvalue weighted by Crippen LogP contribution is 2.19. The molecule has 3 N–H and O–H groups in total. The van der Waals surface area contributed by atoms with Crippen molar-refractivity contribution in [2.75, 3.05) is 11.9 Å². The molecule has 1 aromatic heterocycles. The molecule has 0 bridgehead atoms. The molecule has 9 heteroatoms. The molecule has 0 atom stereocenters. The van der Waals surface area contributed by atoms with E-state index < -0.39 is 11.9 Å². The molecular weight excluding hydrogens is 312 g/mol. The van der Waals surface area contributed by atoms with Gasteiger partial charge in [0.25, 0.3) is 5.91 Å². The predicted octanol–water partition coefficient (Wildman–Crippen LogP) is 1.64. The van der Waals surface area contributed by atoms with Gasteiger partial charge >= 0.3 is 5.97 Å². The van der Waals surface area contributed by atoms with Crippen LogP contribution in [0.3, 0.4) is 0 Å². The molecule has 0 radical (unpaired) electrons. The van der Waals surface area contributed by atoms with Crippen LogP contribution < -0.4 is 10.6 Å². The van der Waals surface area contributed by atoms with Crippen LogP contribution >= 0.6 is 11.6 Å². The van der Waals surface area contributed by atoms with Gasteiger partial charge in [0.1, 0.15) is 5.15 Å². The summed E-state index contributed by atoms with van der Waals surface area (Å²) in [5.41, 5.74) is 0.694. The van der Waals surface area contributed by atoms with Crippen molar-refractivity contribution in [1.82, 2.24) is 10.3 Å². The van der Waals surface area contributed by atoms with Crippen molar-refractivity contribution in [2.24, 2.45) is 5.16 Å². The molecule has 0 aliphatic heterocycles. The van der Waals surface area contributed by atoms with Crippen molar-refractivity contribution in [3.05, 3.63) is 23.0 Å². The smallest absolute Gasteiger partial charge is 0.303 e. The minimum atomic E-state index is -0.577. The van der Waals surface area contributed by atoms with Gasteiger partial charge < -0.3 is 20.6 Å². The van der Waals surface area contributed by atoms with Crippen LogP contribution in [0, 0.1) is 0 Å². The van der Waals surface area contributed by atoms with Gasteiger partial charge in [-0.05, 0) is 19.9 Å². The number of hydrogen-bond donors (Lipinski definition) is 3. The highest BCUT2D eigenvalue weighted by atomic mass is 35.5. The van der Waals surface area contributed by atoms with Gasteiger partial charge in [0, 0.05) is 19.2 Å². The minimum absolute atomic E-state index is 0.0667. The van der Waals surface area contributed by atoms with E-state index in [0.717, 1.165) is 0 Å². The molecule has 0 aliphatic carbocycles. The number of amides is 1. The number of amidine groups is 1. The van der Waals surface area contributed by atoms with Gasteiger partial charge in [-0.15, -0.1) is 0 Å². The Kier molecular flexibility index (Phi) is 6.58. The Morgan fingerprint density at radius 1 is 1.50 bits per heavy atom. The number of aromatic nitrogens is 1. The molecular formula is C13H17ClN4O4. The number of rotatable bonds is 5. The second kappa shape index (κ2) is 8.18. The first-order valence-corrected chi connectivity index (χ1v) is 6.79. The summed E-state index contributed by atoms with van der Waals surface area (Å²) < 4.78 is 4.65. The topological polar surface area (TPSA) is 113 Å². The van der Waals surface area contributed by atoms with E-state index in [-0.39, 0.29) is 29.2 Å². The quantitative estimate of drug-likeness (QED) is 0.189. The Morgan fingerprint density at radius 2 is 2.18 bits per heavy atom. The number of carbonyl (C=O) groups excluding carboxylic acids is 2. The third-order valence-corrected chi connectivity index (χ3v) is 2.56. The average Bonchev–Trinajstić information content (AvgIpc) is 2.42. The van der Waals surface area contributed by atoms with Gasteiger partial charge in [0.05, 0.1) is 11.3 Å². The van der Waals surface area contributed by atoms with Crippen LogP contribution in [0.5, 0.6) is 0 Å². The Labute approximate surface area is 132 Å². The molecule has 1 amide bonds. The fourth-order valence-corrected chi connectivity index (χ4v) is 1.66. The number of esters is 1. The molecule has 8 nitrogen and oxygen atoms in total. The van der Waals surface area contributed by atoms with E-state index in [1.54, 1.807) is 0 Å². The normalized spacial score (nSPS) is 11.2. The van der Waals surface area contributed by atoms with Crippen LogP contribution in [-0.4, -0.2) is 40.6 Å². The van der Waals surface area contributed by atoms with Crippen molar-refractivity contribution < 1.29 is 19.5 Å². The lowest BCUT2D eigenvalue weighted by molar-refractivity contribution is -0.139. The molecule has 1 aromatic rings.